The number of halogens is 4. The lowest BCUT2D eigenvalue weighted by molar-refractivity contribution is -0.492. The van der Waals surface area contributed by atoms with E-state index in [4.69, 9.17) is 0 Å². The molecule has 0 N–H and O–H groups in total. The van der Waals surface area contributed by atoms with Gasteiger partial charge >= 0.3 is 0 Å². The number of nitrogens with zero attached hydrogens (tertiary/aromatic N) is 2. The van der Waals surface area contributed by atoms with Crippen LogP contribution in [-0.2, 0) is 0 Å². The molecule has 1 aromatic rings. The first-order chi connectivity index (χ1) is 9.25. The van der Waals surface area contributed by atoms with Crippen LogP contribution in [0.4, 0.5) is 0 Å². The molecule has 0 unspecified atom stereocenters. The average Bonchev–Trinajstić information content (AvgIpc) is 2.43. The lowest BCUT2D eigenvalue weighted by Gasteiger charge is -2.15. The van der Waals surface area contributed by atoms with Gasteiger partial charge < -0.3 is 0 Å². The minimum atomic E-state index is -0.984. The molecule has 4 atom stereocenters. The van der Waals surface area contributed by atoms with Gasteiger partial charge in [0.1, 0.15) is 9.65 Å². The van der Waals surface area contributed by atoms with Crippen molar-refractivity contribution in [3.05, 3.63) is 55.6 Å². The highest BCUT2D eigenvalue weighted by atomic mass is 79.9. The number of hydrogen-bond acceptors (Lipinski definition) is 4. The Labute approximate surface area is 148 Å². The minimum Gasteiger partial charge on any atom is -0.263 e. The fourth-order valence-corrected chi connectivity index (χ4v) is 3.00. The molecule has 6 nitrogen and oxygen atoms in total. The molecule has 1 rings (SSSR count). The molecule has 0 aliphatic carbocycles. The average molecular weight is 540 g/mol. The second kappa shape index (κ2) is 7.81. The number of benzene rings is 1. The van der Waals surface area contributed by atoms with Gasteiger partial charge in [0, 0.05) is 9.85 Å². The summed E-state index contributed by atoms with van der Waals surface area (Å²) in [4.78, 5) is 17.5. The van der Waals surface area contributed by atoms with Crippen molar-refractivity contribution in [3.63, 3.8) is 0 Å². The first kappa shape index (κ1) is 18.0. The van der Waals surface area contributed by atoms with E-state index in [1.54, 1.807) is 24.3 Å². The summed E-state index contributed by atoms with van der Waals surface area (Å²) in [6.07, 6.45) is 0. The Kier molecular flexibility index (Phi) is 7.02. The van der Waals surface area contributed by atoms with Gasteiger partial charge in [0.05, 0.1) is 0 Å². The predicted octanol–water partition coefficient (Wildman–Crippen LogP) is 4.55. The summed E-state index contributed by atoms with van der Waals surface area (Å²) in [7, 11) is 0. The van der Waals surface area contributed by atoms with Crippen molar-refractivity contribution in [2.45, 2.75) is 19.6 Å². The van der Waals surface area contributed by atoms with Gasteiger partial charge in [0.15, 0.2) is 0 Å². The second-order valence-electron chi connectivity index (χ2n) is 3.79. The second-order valence-corrected chi connectivity index (χ2v) is 7.64. The van der Waals surface area contributed by atoms with Crippen molar-refractivity contribution >= 4 is 63.7 Å². The Balaban J connectivity index is 3.01. The minimum absolute atomic E-state index is 0.456. The Morgan fingerprint density at radius 1 is 0.850 bits per heavy atom. The molecule has 0 fully saturated rings. The lowest BCUT2D eigenvalue weighted by atomic mass is 10.1. The third kappa shape index (κ3) is 4.47. The maximum absolute atomic E-state index is 10.8. The van der Waals surface area contributed by atoms with Gasteiger partial charge in [-0.25, -0.2) is 0 Å². The summed E-state index contributed by atoms with van der Waals surface area (Å²) in [5.74, 6) is 0. The maximum atomic E-state index is 10.8. The quantitative estimate of drug-likeness (QED) is 0.230. The molecule has 0 heterocycles. The van der Waals surface area contributed by atoms with Crippen LogP contribution < -0.4 is 0 Å². The third-order valence-electron chi connectivity index (χ3n) is 2.43. The first-order valence-corrected chi connectivity index (χ1v) is 8.85. The zero-order chi connectivity index (χ0) is 15.4. The van der Waals surface area contributed by atoms with Crippen molar-refractivity contribution < 1.29 is 9.85 Å². The molecule has 110 valence electrons. The molecule has 0 spiro atoms. The van der Waals surface area contributed by atoms with Crippen LogP contribution in [-0.4, -0.2) is 19.7 Å². The molecule has 20 heavy (non-hydrogen) atoms. The monoisotopic (exact) mass is 536 g/mol. The van der Waals surface area contributed by atoms with E-state index in [1.165, 1.54) is 0 Å². The van der Waals surface area contributed by atoms with Gasteiger partial charge in [0.2, 0.25) is 0 Å². The van der Waals surface area contributed by atoms with Gasteiger partial charge in [-0.15, -0.1) is 0 Å². The van der Waals surface area contributed by atoms with Crippen LogP contribution in [0.1, 0.15) is 20.8 Å². The van der Waals surface area contributed by atoms with E-state index in [2.05, 4.69) is 63.7 Å². The highest BCUT2D eigenvalue weighted by molar-refractivity contribution is 9.12. The summed E-state index contributed by atoms with van der Waals surface area (Å²) in [5, 5.41) is 21.5. The summed E-state index contributed by atoms with van der Waals surface area (Å²) in [6, 6.07) is 6.83. The SMILES string of the molecule is O=[N+]([O-])[C@@H](Br)[C@@H](Br)c1cccc([C@H](Br)[C@H](Br)[N+](=O)[O-])c1. The zero-order valence-electron chi connectivity index (χ0n) is 9.66. The number of alkyl halides is 4. The maximum Gasteiger partial charge on any atom is 0.282 e. The Bertz CT molecular complexity index is 475. The predicted molar refractivity (Wildman–Crippen MR) is 89.2 cm³/mol. The molecule has 1 aromatic carbocycles. The number of hydrogen-bond donors (Lipinski definition) is 0. The fourth-order valence-electron chi connectivity index (χ4n) is 1.43. The lowest BCUT2D eigenvalue weighted by Crippen LogP contribution is -2.19. The van der Waals surface area contributed by atoms with Crippen molar-refractivity contribution in [1.29, 1.82) is 0 Å². The van der Waals surface area contributed by atoms with E-state index in [9.17, 15) is 20.2 Å². The first-order valence-electron chi connectivity index (χ1n) is 5.18. The number of rotatable bonds is 6. The Morgan fingerprint density at radius 3 is 1.50 bits per heavy atom. The van der Waals surface area contributed by atoms with Crippen molar-refractivity contribution in [1.82, 2.24) is 0 Å². The third-order valence-corrected chi connectivity index (χ3v) is 7.64. The normalized spacial score (nSPS) is 17.0. The summed E-state index contributed by atoms with van der Waals surface area (Å²) >= 11 is 12.5. The molecule has 0 aliphatic rings. The Hall–Kier alpha value is -0.0600. The molecule has 0 aromatic heterocycles. The molecular weight excluding hydrogens is 532 g/mol. The molecular formula is C10H8Br4N2O4. The molecule has 0 saturated carbocycles. The van der Waals surface area contributed by atoms with Crippen LogP contribution in [0.3, 0.4) is 0 Å². The van der Waals surface area contributed by atoms with Crippen LogP contribution >= 0.6 is 63.7 Å². The highest BCUT2D eigenvalue weighted by Crippen LogP contribution is 2.36. The molecule has 0 aliphatic heterocycles. The molecule has 0 radical (unpaired) electrons. The van der Waals surface area contributed by atoms with Crippen LogP contribution in [0.25, 0.3) is 0 Å². The standard InChI is InChI=1S/C10H8Br4N2O4/c11-7(9(13)15(17)18)5-2-1-3-6(4-5)8(12)10(14)16(19)20/h1-4,7-10H/t7-,8-,9+,10+/m0/s1. The van der Waals surface area contributed by atoms with E-state index in [1.807, 2.05) is 0 Å². The van der Waals surface area contributed by atoms with Gasteiger partial charge in [0.25, 0.3) is 9.90 Å². The zero-order valence-corrected chi connectivity index (χ0v) is 16.0. The van der Waals surface area contributed by atoms with Gasteiger partial charge in [-0.2, -0.15) is 0 Å². The summed E-state index contributed by atoms with van der Waals surface area (Å²) in [6.45, 7) is 0. The van der Waals surface area contributed by atoms with Crippen molar-refractivity contribution in [2.24, 2.45) is 0 Å². The van der Waals surface area contributed by atoms with Crippen LogP contribution in [0.15, 0.2) is 24.3 Å². The Morgan fingerprint density at radius 2 is 1.20 bits per heavy atom. The number of nitro groups is 2. The van der Waals surface area contributed by atoms with Gasteiger partial charge in [-0.3, -0.25) is 20.2 Å². The molecule has 0 bridgehead atoms. The van der Waals surface area contributed by atoms with Crippen LogP contribution in [0.5, 0.6) is 0 Å². The van der Waals surface area contributed by atoms with Gasteiger partial charge in [-0.1, -0.05) is 56.1 Å². The smallest absolute Gasteiger partial charge is 0.263 e. The van der Waals surface area contributed by atoms with Crippen LogP contribution in [0, 0.1) is 20.2 Å². The largest absolute Gasteiger partial charge is 0.282 e. The van der Waals surface area contributed by atoms with Crippen LogP contribution in [0.2, 0.25) is 0 Å². The van der Waals surface area contributed by atoms with E-state index in [0.717, 1.165) is 0 Å². The fraction of sp³-hybridized carbons (Fsp3) is 0.400. The van der Waals surface area contributed by atoms with E-state index in [-0.39, 0.29) is 0 Å². The summed E-state index contributed by atoms with van der Waals surface area (Å²) < 4.78 is 0. The van der Waals surface area contributed by atoms with E-state index >= 15 is 0 Å². The van der Waals surface area contributed by atoms with Gasteiger partial charge in [-0.05, 0) is 43.0 Å². The van der Waals surface area contributed by atoms with Crippen molar-refractivity contribution in [2.75, 3.05) is 0 Å². The van der Waals surface area contributed by atoms with E-state index in [0.29, 0.717) is 11.1 Å². The summed E-state index contributed by atoms with van der Waals surface area (Å²) in [5.41, 5.74) is 1.32. The molecule has 0 saturated heterocycles. The van der Waals surface area contributed by atoms with Crippen molar-refractivity contribution in [3.8, 4) is 0 Å². The highest BCUT2D eigenvalue weighted by Gasteiger charge is 2.30. The van der Waals surface area contributed by atoms with E-state index < -0.39 is 29.4 Å². The molecule has 0 amide bonds. The molecule has 10 heteroatoms. The topological polar surface area (TPSA) is 86.3 Å².